The molecule has 2 N–H and O–H groups in total. The summed E-state index contributed by atoms with van der Waals surface area (Å²) in [7, 11) is 3.26. The number of hydrogen-bond acceptors (Lipinski definition) is 5. The van der Waals surface area contributed by atoms with E-state index in [1.54, 1.807) is 14.2 Å². The van der Waals surface area contributed by atoms with Crippen LogP contribution < -0.4 is 9.47 Å². The summed E-state index contributed by atoms with van der Waals surface area (Å²) in [5.41, 5.74) is 1.67. The molecule has 0 atom stereocenters. The van der Waals surface area contributed by atoms with Crippen LogP contribution in [0, 0.1) is 11.8 Å². The van der Waals surface area contributed by atoms with Crippen molar-refractivity contribution in [1.29, 1.82) is 0 Å². The Morgan fingerprint density at radius 2 is 1.52 bits per heavy atom. The van der Waals surface area contributed by atoms with Crippen molar-refractivity contribution in [3.63, 3.8) is 0 Å². The monoisotopic (exact) mass is 342 g/mol. The number of phenolic OH excluding ortho intramolecular Hbond substituents is 2. The Morgan fingerprint density at radius 1 is 0.880 bits per heavy atom. The SMILES string of the molecule is COc1cc(CCCOCC#Cc2cc(O)cc(O)c2)cc(OC)c1. The number of rotatable bonds is 7. The van der Waals surface area contributed by atoms with Crippen molar-refractivity contribution in [3.8, 4) is 34.8 Å². The summed E-state index contributed by atoms with van der Waals surface area (Å²) in [5, 5.41) is 18.7. The molecule has 2 rings (SSSR count). The smallest absolute Gasteiger partial charge is 0.122 e. The first-order valence-corrected chi connectivity index (χ1v) is 7.92. The van der Waals surface area contributed by atoms with E-state index in [0.29, 0.717) is 12.2 Å². The summed E-state index contributed by atoms with van der Waals surface area (Å²) < 4.78 is 16.0. The number of aryl methyl sites for hydroxylation is 1. The zero-order valence-corrected chi connectivity index (χ0v) is 14.4. The van der Waals surface area contributed by atoms with Gasteiger partial charge in [0.25, 0.3) is 0 Å². The van der Waals surface area contributed by atoms with Gasteiger partial charge in [0.05, 0.1) is 14.2 Å². The van der Waals surface area contributed by atoms with Crippen molar-refractivity contribution in [2.24, 2.45) is 0 Å². The Balaban J connectivity index is 1.74. The maximum Gasteiger partial charge on any atom is 0.122 e. The van der Waals surface area contributed by atoms with E-state index >= 15 is 0 Å². The van der Waals surface area contributed by atoms with Crippen LogP contribution in [-0.2, 0) is 11.2 Å². The molecule has 0 saturated carbocycles. The van der Waals surface area contributed by atoms with Gasteiger partial charge >= 0.3 is 0 Å². The number of methoxy groups -OCH3 is 2. The second kappa shape index (κ2) is 9.45. The minimum atomic E-state index is -0.0149. The summed E-state index contributed by atoms with van der Waals surface area (Å²) in [6.07, 6.45) is 1.70. The molecule has 5 nitrogen and oxygen atoms in total. The van der Waals surface area contributed by atoms with Gasteiger partial charge in [-0.25, -0.2) is 0 Å². The minimum Gasteiger partial charge on any atom is -0.508 e. The Labute approximate surface area is 147 Å². The first-order chi connectivity index (χ1) is 12.1. The first-order valence-electron chi connectivity index (χ1n) is 7.92. The summed E-state index contributed by atoms with van der Waals surface area (Å²) in [4.78, 5) is 0. The van der Waals surface area contributed by atoms with Gasteiger partial charge < -0.3 is 24.4 Å². The third-order valence-electron chi connectivity index (χ3n) is 3.47. The fraction of sp³-hybridized carbons (Fsp3) is 0.300. The van der Waals surface area contributed by atoms with Gasteiger partial charge in [0.15, 0.2) is 0 Å². The molecule has 0 bridgehead atoms. The molecule has 0 amide bonds. The van der Waals surface area contributed by atoms with Crippen LogP contribution in [0.5, 0.6) is 23.0 Å². The van der Waals surface area contributed by atoms with Crippen LogP contribution in [0.2, 0.25) is 0 Å². The molecular weight excluding hydrogens is 320 g/mol. The van der Waals surface area contributed by atoms with Crippen LogP contribution >= 0.6 is 0 Å². The largest absolute Gasteiger partial charge is 0.508 e. The molecule has 5 heteroatoms. The maximum atomic E-state index is 9.37. The predicted molar refractivity (Wildman–Crippen MR) is 95.3 cm³/mol. The van der Waals surface area contributed by atoms with Gasteiger partial charge in [-0.3, -0.25) is 0 Å². The minimum absolute atomic E-state index is 0.0149. The molecule has 25 heavy (non-hydrogen) atoms. The van der Waals surface area contributed by atoms with E-state index in [2.05, 4.69) is 11.8 Å². The van der Waals surface area contributed by atoms with Crippen LogP contribution in [0.1, 0.15) is 17.5 Å². The molecule has 0 radical (unpaired) electrons. The number of aromatic hydroxyl groups is 2. The molecule has 0 saturated heterocycles. The van der Waals surface area contributed by atoms with Crippen molar-refractivity contribution >= 4 is 0 Å². The Hall–Kier alpha value is -2.84. The Bertz CT molecular complexity index is 716. The van der Waals surface area contributed by atoms with E-state index in [4.69, 9.17) is 14.2 Å². The molecule has 0 heterocycles. The van der Waals surface area contributed by atoms with Gasteiger partial charge in [-0.1, -0.05) is 11.8 Å². The van der Waals surface area contributed by atoms with E-state index in [9.17, 15) is 10.2 Å². The van der Waals surface area contributed by atoms with E-state index < -0.39 is 0 Å². The summed E-state index contributed by atoms with van der Waals surface area (Å²) in [5.74, 6) is 7.21. The summed E-state index contributed by atoms with van der Waals surface area (Å²) in [6.45, 7) is 0.872. The molecule has 0 aliphatic heterocycles. The number of benzene rings is 2. The summed E-state index contributed by atoms with van der Waals surface area (Å²) in [6, 6.07) is 10.0. The predicted octanol–water partition coefficient (Wildman–Crippen LogP) is 3.12. The van der Waals surface area contributed by atoms with Crippen LogP contribution in [-0.4, -0.2) is 37.6 Å². The van der Waals surface area contributed by atoms with Gasteiger partial charge in [-0.15, -0.1) is 0 Å². The van der Waals surface area contributed by atoms with Gasteiger partial charge in [0, 0.05) is 24.3 Å². The van der Waals surface area contributed by atoms with E-state index in [-0.39, 0.29) is 18.1 Å². The highest BCUT2D eigenvalue weighted by Gasteiger charge is 2.02. The molecule has 132 valence electrons. The van der Waals surface area contributed by atoms with Crippen molar-refractivity contribution in [2.45, 2.75) is 12.8 Å². The van der Waals surface area contributed by atoms with E-state index in [0.717, 1.165) is 29.9 Å². The second-order valence-corrected chi connectivity index (χ2v) is 5.42. The molecule has 0 aromatic heterocycles. The third kappa shape index (κ3) is 6.28. The number of ether oxygens (including phenoxy) is 3. The number of hydrogen-bond donors (Lipinski definition) is 2. The fourth-order valence-corrected chi connectivity index (χ4v) is 2.32. The molecule has 0 unspecified atom stereocenters. The normalized spacial score (nSPS) is 10.0. The van der Waals surface area contributed by atoms with Gasteiger partial charge in [0.1, 0.15) is 29.6 Å². The Morgan fingerprint density at radius 3 is 2.12 bits per heavy atom. The highest BCUT2D eigenvalue weighted by molar-refractivity contribution is 5.45. The lowest BCUT2D eigenvalue weighted by molar-refractivity contribution is 0.164. The van der Waals surface area contributed by atoms with Crippen LogP contribution in [0.15, 0.2) is 36.4 Å². The Kier molecular flexibility index (Phi) is 7.00. The standard InChI is InChI=1S/C20H22O5/c1-23-19-11-16(12-20(14-19)24-2)6-4-8-25-7-3-5-15-9-17(21)13-18(22)10-15/h9-14,21-22H,4,6-8H2,1-2H3. The van der Waals surface area contributed by atoms with Crippen molar-refractivity contribution in [2.75, 3.05) is 27.4 Å². The zero-order valence-electron chi connectivity index (χ0n) is 14.4. The van der Waals surface area contributed by atoms with Crippen LogP contribution in [0.3, 0.4) is 0 Å². The fourth-order valence-electron chi connectivity index (χ4n) is 2.32. The van der Waals surface area contributed by atoms with Crippen LogP contribution in [0.25, 0.3) is 0 Å². The molecule has 2 aromatic carbocycles. The van der Waals surface area contributed by atoms with Gasteiger partial charge in [0.2, 0.25) is 0 Å². The van der Waals surface area contributed by atoms with E-state index in [1.807, 2.05) is 18.2 Å². The van der Waals surface area contributed by atoms with Crippen LogP contribution in [0.4, 0.5) is 0 Å². The quantitative estimate of drug-likeness (QED) is 0.598. The average molecular weight is 342 g/mol. The van der Waals surface area contributed by atoms with E-state index in [1.165, 1.54) is 18.2 Å². The third-order valence-corrected chi connectivity index (χ3v) is 3.47. The average Bonchev–Trinajstić information content (AvgIpc) is 2.59. The molecular formula is C20H22O5. The van der Waals surface area contributed by atoms with Crippen molar-refractivity contribution in [1.82, 2.24) is 0 Å². The highest BCUT2D eigenvalue weighted by atomic mass is 16.5. The maximum absolute atomic E-state index is 9.37. The molecule has 0 aliphatic carbocycles. The second-order valence-electron chi connectivity index (χ2n) is 5.42. The lowest BCUT2D eigenvalue weighted by Crippen LogP contribution is -1.98. The van der Waals surface area contributed by atoms with Gasteiger partial charge in [-0.2, -0.15) is 0 Å². The first kappa shape index (κ1) is 18.5. The van der Waals surface area contributed by atoms with Crippen molar-refractivity contribution in [3.05, 3.63) is 47.5 Å². The summed E-state index contributed by atoms with van der Waals surface area (Å²) >= 11 is 0. The molecule has 0 aliphatic rings. The molecule has 2 aromatic rings. The number of phenols is 2. The van der Waals surface area contributed by atoms with Crippen molar-refractivity contribution < 1.29 is 24.4 Å². The highest BCUT2D eigenvalue weighted by Crippen LogP contribution is 2.23. The lowest BCUT2D eigenvalue weighted by Gasteiger charge is -2.08. The van der Waals surface area contributed by atoms with Gasteiger partial charge in [-0.05, 0) is 42.7 Å². The topological polar surface area (TPSA) is 68.2 Å². The zero-order chi connectivity index (χ0) is 18.1. The molecule has 0 fully saturated rings. The lowest BCUT2D eigenvalue weighted by atomic mass is 10.1. The molecule has 0 spiro atoms.